The number of pyridine rings is 1. The summed E-state index contributed by atoms with van der Waals surface area (Å²) < 4.78 is 0.627. The largest absolute Gasteiger partial charge is 0.392 e. The van der Waals surface area contributed by atoms with Gasteiger partial charge in [0, 0.05) is 18.3 Å². The van der Waals surface area contributed by atoms with Gasteiger partial charge in [-0.15, -0.1) is 0 Å². The minimum absolute atomic E-state index is 0.000905. The van der Waals surface area contributed by atoms with Crippen molar-refractivity contribution >= 4 is 21.8 Å². The molecule has 0 saturated heterocycles. The monoisotopic (exact) mass is 320 g/mol. The first-order chi connectivity index (χ1) is 9.19. The van der Waals surface area contributed by atoms with E-state index < -0.39 is 0 Å². The van der Waals surface area contributed by atoms with E-state index in [1.54, 1.807) is 18.3 Å². The highest BCUT2D eigenvalue weighted by Gasteiger charge is 2.06. The van der Waals surface area contributed by atoms with Crippen LogP contribution >= 0.6 is 15.9 Å². The Balaban J connectivity index is 2.00. The molecule has 0 aliphatic carbocycles. The standard InChI is InChI=1S/C14H13BrN2O2/c15-13-7-12(4-5-16-13)14(19)17-8-10-2-1-3-11(6-10)9-18/h1-7,18H,8-9H2,(H,17,19). The number of nitrogens with zero attached hydrogens (tertiary/aromatic N) is 1. The molecule has 5 heteroatoms. The Morgan fingerprint density at radius 1 is 1.26 bits per heavy atom. The second kappa shape index (κ2) is 6.45. The number of amides is 1. The number of aliphatic hydroxyl groups is 1. The molecular formula is C14H13BrN2O2. The predicted molar refractivity (Wildman–Crippen MR) is 75.5 cm³/mol. The minimum Gasteiger partial charge on any atom is -0.392 e. The van der Waals surface area contributed by atoms with E-state index in [-0.39, 0.29) is 12.5 Å². The zero-order valence-corrected chi connectivity index (χ0v) is 11.7. The van der Waals surface area contributed by atoms with Crippen LogP contribution in [0, 0.1) is 0 Å². The van der Waals surface area contributed by atoms with Gasteiger partial charge in [0.25, 0.3) is 5.91 Å². The molecule has 2 N–H and O–H groups in total. The van der Waals surface area contributed by atoms with Crippen LogP contribution in [0.5, 0.6) is 0 Å². The first-order valence-electron chi connectivity index (χ1n) is 5.77. The number of rotatable bonds is 4. The third kappa shape index (κ3) is 3.87. The van der Waals surface area contributed by atoms with Gasteiger partial charge in [-0.1, -0.05) is 24.3 Å². The molecule has 0 spiro atoms. The van der Waals surface area contributed by atoms with Gasteiger partial charge in [0.2, 0.25) is 0 Å². The Bertz CT molecular complexity index is 587. The van der Waals surface area contributed by atoms with E-state index in [1.165, 1.54) is 0 Å². The van der Waals surface area contributed by atoms with Crippen molar-refractivity contribution in [3.8, 4) is 0 Å². The Hall–Kier alpha value is -1.72. The molecule has 0 aliphatic heterocycles. The topological polar surface area (TPSA) is 62.2 Å². The lowest BCUT2D eigenvalue weighted by molar-refractivity contribution is 0.0950. The zero-order chi connectivity index (χ0) is 13.7. The molecule has 0 radical (unpaired) electrons. The molecule has 2 aromatic rings. The molecule has 2 rings (SSSR count). The van der Waals surface area contributed by atoms with Crippen LogP contribution in [0.3, 0.4) is 0 Å². The van der Waals surface area contributed by atoms with E-state index in [0.29, 0.717) is 16.7 Å². The first kappa shape index (κ1) is 13.7. The Kier molecular flexibility index (Phi) is 4.65. The van der Waals surface area contributed by atoms with Crippen molar-refractivity contribution in [3.63, 3.8) is 0 Å². The van der Waals surface area contributed by atoms with E-state index in [9.17, 15) is 4.79 Å². The molecule has 19 heavy (non-hydrogen) atoms. The third-order valence-electron chi connectivity index (χ3n) is 2.62. The summed E-state index contributed by atoms with van der Waals surface area (Å²) in [7, 11) is 0. The average molecular weight is 321 g/mol. The van der Waals surface area contributed by atoms with Crippen LogP contribution in [-0.4, -0.2) is 16.0 Å². The quantitative estimate of drug-likeness (QED) is 0.849. The Labute approximate surface area is 119 Å². The molecule has 0 aliphatic rings. The van der Waals surface area contributed by atoms with Crippen molar-refractivity contribution < 1.29 is 9.90 Å². The maximum atomic E-state index is 11.9. The third-order valence-corrected chi connectivity index (χ3v) is 3.05. The summed E-state index contributed by atoms with van der Waals surface area (Å²) in [5.41, 5.74) is 2.34. The number of hydrogen-bond acceptors (Lipinski definition) is 3. The maximum Gasteiger partial charge on any atom is 0.251 e. The van der Waals surface area contributed by atoms with E-state index in [1.807, 2.05) is 24.3 Å². The molecular weight excluding hydrogens is 308 g/mol. The van der Waals surface area contributed by atoms with Gasteiger partial charge in [-0.3, -0.25) is 4.79 Å². The number of benzene rings is 1. The van der Waals surface area contributed by atoms with Gasteiger partial charge in [-0.2, -0.15) is 0 Å². The Morgan fingerprint density at radius 3 is 2.79 bits per heavy atom. The van der Waals surface area contributed by atoms with Crippen molar-refractivity contribution in [2.45, 2.75) is 13.2 Å². The molecule has 0 bridgehead atoms. The number of carbonyl (C=O) groups excluding carboxylic acids is 1. The van der Waals surface area contributed by atoms with Gasteiger partial charge in [0.05, 0.1) is 6.61 Å². The summed E-state index contributed by atoms with van der Waals surface area (Å²) >= 11 is 3.23. The smallest absolute Gasteiger partial charge is 0.251 e. The van der Waals surface area contributed by atoms with E-state index >= 15 is 0 Å². The fourth-order valence-corrected chi connectivity index (χ4v) is 2.03. The fourth-order valence-electron chi connectivity index (χ4n) is 1.67. The molecule has 0 atom stereocenters. The molecule has 1 heterocycles. The van der Waals surface area contributed by atoms with Crippen LogP contribution in [-0.2, 0) is 13.2 Å². The van der Waals surface area contributed by atoms with Crippen molar-refractivity contribution in [2.24, 2.45) is 0 Å². The lowest BCUT2D eigenvalue weighted by Gasteiger charge is -2.06. The molecule has 4 nitrogen and oxygen atoms in total. The van der Waals surface area contributed by atoms with Gasteiger partial charge in [-0.25, -0.2) is 4.98 Å². The van der Waals surface area contributed by atoms with E-state index in [2.05, 4.69) is 26.2 Å². The summed E-state index contributed by atoms with van der Waals surface area (Å²) in [6.07, 6.45) is 1.57. The van der Waals surface area contributed by atoms with Gasteiger partial charge in [0.15, 0.2) is 0 Å². The zero-order valence-electron chi connectivity index (χ0n) is 10.1. The van der Waals surface area contributed by atoms with Crippen molar-refractivity contribution in [3.05, 3.63) is 63.9 Å². The summed E-state index contributed by atoms with van der Waals surface area (Å²) in [4.78, 5) is 15.9. The summed E-state index contributed by atoms with van der Waals surface area (Å²) in [6, 6.07) is 10.8. The first-order valence-corrected chi connectivity index (χ1v) is 6.57. The normalized spacial score (nSPS) is 10.2. The van der Waals surface area contributed by atoms with Crippen LogP contribution in [0.1, 0.15) is 21.5 Å². The summed E-state index contributed by atoms with van der Waals surface area (Å²) in [5, 5.41) is 11.9. The number of aromatic nitrogens is 1. The van der Waals surface area contributed by atoms with Crippen LogP contribution in [0.15, 0.2) is 47.2 Å². The lowest BCUT2D eigenvalue weighted by atomic mass is 10.1. The highest BCUT2D eigenvalue weighted by Crippen LogP contribution is 2.09. The average Bonchev–Trinajstić information content (AvgIpc) is 2.45. The fraction of sp³-hybridized carbons (Fsp3) is 0.143. The second-order valence-corrected chi connectivity index (χ2v) is 4.84. The number of nitrogens with one attached hydrogen (secondary N) is 1. The summed E-state index contributed by atoms with van der Waals surface area (Å²) in [6.45, 7) is 0.422. The SMILES string of the molecule is O=C(NCc1cccc(CO)c1)c1ccnc(Br)c1. The molecule has 1 aromatic carbocycles. The molecule has 0 unspecified atom stereocenters. The van der Waals surface area contributed by atoms with Crippen molar-refractivity contribution in [1.82, 2.24) is 10.3 Å². The van der Waals surface area contributed by atoms with Crippen LogP contribution in [0.2, 0.25) is 0 Å². The number of halogens is 1. The van der Waals surface area contributed by atoms with E-state index in [4.69, 9.17) is 5.11 Å². The second-order valence-electron chi connectivity index (χ2n) is 4.03. The van der Waals surface area contributed by atoms with Gasteiger partial charge in [0.1, 0.15) is 4.60 Å². The van der Waals surface area contributed by atoms with Gasteiger partial charge >= 0.3 is 0 Å². The summed E-state index contributed by atoms with van der Waals surface area (Å²) in [5.74, 6) is -0.155. The van der Waals surface area contributed by atoms with Crippen LogP contribution < -0.4 is 5.32 Å². The lowest BCUT2D eigenvalue weighted by Crippen LogP contribution is -2.22. The van der Waals surface area contributed by atoms with Crippen molar-refractivity contribution in [2.75, 3.05) is 0 Å². The van der Waals surface area contributed by atoms with E-state index in [0.717, 1.165) is 11.1 Å². The molecule has 1 amide bonds. The number of aliphatic hydroxyl groups excluding tert-OH is 1. The van der Waals surface area contributed by atoms with Gasteiger partial charge < -0.3 is 10.4 Å². The number of carbonyl (C=O) groups is 1. The minimum atomic E-state index is -0.155. The van der Waals surface area contributed by atoms with Gasteiger partial charge in [-0.05, 0) is 39.2 Å². The van der Waals surface area contributed by atoms with Crippen LogP contribution in [0.25, 0.3) is 0 Å². The van der Waals surface area contributed by atoms with Crippen LogP contribution in [0.4, 0.5) is 0 Å². The molecule has 0 fully saturated rings. The highest BCUT2D eigenvalue weighted by atomic mass is 79.9. The maximum absolute atomic E-state index is 11.9. The molecule has 1 aromatic heterocycles. The number of hydrogen-bond donors (Lipinski definition) is 2. The predicted octanol–water partition coefficient (Wildman–Crippen LogP) is 2.27. The van der Waals surface area contributed by atoms with Crippen molar-refractivity contribution in [1.29, 1.82) is 0 Å². The molecule has 0 saturated carbocycles. The highest BCUT2D eigenvalue weighted by molar-refractivity contribution is 9.10. The Morgan fingerprint density at radius 2 is 2.05 bits per heavy atom. The molecule has 98 valence electrons.